The van der Waals surface area contributed by atoms with Gasteiger partial charge in [-0.3, -0.25) is 9.48 Å². The zero-order chi connectivity index (χ0) is 16.2. The van der Waals surface area contributed by atoms with Crippen LogP contribution in [0.25, 0.3) is 0 Å². The molecule has 0 aliphatic carbocycles. The van der Waals surface area contributed by atoms with Gasteiger partial charge in [0.15, 0.2) is 6.61 Å². The molecular formula is C12H16N4O5S. The van der Waals surface area contributed by atoms with Crippen LogP contribution < -0.4 is 0 Å². The Labute approximate surface area is 127 Å². The van der Waals surface area contributed by atoms with E-state index >= 15 is 0 Å². The van der Waals surface area contributed by atoms with Crippen LogP contribution in [-0.4, -0.2) is 65.1 Å². The van der Waals surface area contributed by atoms with Crippen LogP contribution in [0.1, 0.15) is 11.4 Å². The van der Waals surface area contributed by atoms with Crippen LogP contribution >= 0.6 is 0 Å². The van der Waals surface area contributed by atoms with E-state index in [0.717, 1.165) is 4.90 Å². The highest BCUT2D eigenvalue weighted by atomic mass is 32.2. The minimum Gasteiger partial charge on any atom is -0.439 e. The van der Waals surface area contributed by atoms with Crippen LogP contribution in [-0.2, 0) is 26.6 Å². The first-order valence-electron chi connectivity index (χ1n) is 6.72. The van der Waals surface area contributed by atoms with E-state index in [9.17, 15) is 18.0 Å². The van der Waals surface area contributed by atoms with Gasteiger partial charge in [0.25, 0.3) is 5.91 Å². The average molecular weight is 328 g/mol. The molecule has 22 heavy (non-hydrogen) atoms. The van der Waals surface area contributed by atoms with Crippen LogP contribution in [0.2, 0.25) is 0 Å². The number of rotatable bonds is 3. The van der Waals surface area contributed by atoms with Gasteiger partial charge in [0.05, 0.1) is 17.4 Å². The number of cyclic esters (lactones) is 1. The van der Waals surface area contributed by atoms with Crippen molar-refractivity contribution in [1.29, 1.82) is 0 Å². The third-order valence-electron chi connectivity index (χ3n) is 4.02. The van der Waals surface area contributed by atoms with Crippen molar-refractivity contribution in [1.82, 2.24) is 19.0 Å². The number of sulfonamides is 1. The number of aryl methyl sites for hydroxylation is 2. The monoisotopic (exact) mass is 328 g/mol. The van der Waals surface area contributed by atoms with Gasteiger partial charge in [0, 0.05) is 20.1 Å². The number of aromatic nitrogens is 2. The maximum absolute atomic E-state index is 12.6. The number of carbonyl (C=O) groups is 2. The number of hydrogen-bond donors (Lipinski definition) is 0. The number of amides is 2. The van der Waals surface area contributed by atoms with E-state index in [4.69, 9.17) is 0 Å². The number of nitrogens with zero attached hydrogens (tertiary/aromatic N) is 4. The van der Waals surface area contributed by atoms with Crippen molar-refractivity contribution in [2.75, 3.05) is 19.7 Å². The summed E-state index contributed by atoms with van der Waals surface area (Å²) in [5.41, 5.74) is 0.984. The Kier molecular flexibility index (Phi) is 3.25. The summed E-state index contributed by atoms with van der Waals surface area (Å²) in [6.45, 7) is 3.21. The number of imide groups is 1. The highest BCUT2D eigenvalue weighted by Crippen LogP contribution is 2.29. The predicted molar refractivity (Wildman–Crippen MR) is 73.4 cm³/mol. The lowest BCUT2D eigenvalue weighted by molar-refractivity contribution is -0.128. The Morgan fingerprint density at radius 3 is 2.32 bits per heavy atom. The minimum atomic E-state index is -3.68. The molecular weight excluding hydrogens is 312 g/mol. The predicted octanol–water partition coefficient (Wildman–Crippen LogP) is -0.611. The molecule has 0 aromatic carbocycles. The molecule has 9 nitrogen and oxygen atoms in total. The van der Waals surface area contributed by atoms with E-state index in [-0.39, 0.29) is 24.6 Å². The fraction of sp³-hybridized carbons (Fsp3) is 0.583. The van der Waals surface area contributed by atoms with Crippen molar-refractivity contribution >= 4 is 22.0 Å². The summed E-state index contributed by atoms with van der Waals surface area (Å²) < 4.78 is 32.7. The number of hydrogen-bond acceptors (Lipinski definition) is 6. The summed E-state index contributed by atoms with van der Waals surface area (Å²) in [6, 6.07) is -0.463. The van der Waals surface area contributed by atoms with Gasteiger partial charge in [-0.25, -0.2) is 18.1 Å². The molecule has 0 atom stereocenters. The fourth-order valence-corrected chi connectivity index (χ4v) is 4.66. The van der Waals surface area contributed by atoms with E-state index in [2.05, 4.69) is 9.84 Å². The molecule has 3 rings (SSSR count). The first-order valence-corrected chi connectivity index (χ1v) is 8.16. The second-order valence-electron chi connectivity index (χ2n) is 5.42. The van der Waals surface area contributed by atoms with Gasteiger partial charge in [0.2, 0.25) is 10.0 Å². The minimum absolute atomic E-state index is 0.0803. The van der Waals surface area contributed by atoms with Crippen molar-refractivity contribution in [2.24, 2.45) is 7.05 Å². The van der Waals surface area contributed by atoms with E-state index in [1.807, 2.05) is 0 Å². The van der Waals surface area contributed by atoms with Gasteiger partial charge in [-0.15, -0.1) is 0 Å². The van der Waals surface area contributed by atoms with Crippen molar-refractivity contribution in [2.45, 2.75) is 24.8 Å². The molecule has 0 spiro atoms. The quantitative estimate of drug-likeness (QED) is 0.733. The maximum atomic E-state index is 12.6. The van der Waals surface area contributed by atoms with Gasteiger partial charge in [0.1, 0.15) is 4.90 Å². The highest BCUT2D eigenvalue weighted by Gasteiger charge is 2.47. The van der Waals surface area contributed by atoms with Crippen molar-refractivity contribution < 1.29 is 22.7 Å². The maximum Gasteiger partial charge on any atom is 0.417 e. The average Bonchev–Trinajstić information content (AvgIpc) is 2.81. The molecule has 2 amide bonds. The largest absolute Gasteiger partial charge is 0.439 e. The van der Waals surface area contributed by atoms with Crippen molar-refractivity contribution in [3.8, 4) is 0 Å². The summed E-state index contributed by atoms with van der Waals surface area (Å²) in [6.07, 6.45) is -0.708. The van der Waals surface area contributed by atoms with Gasteiger partial charge in [-0.05, 0) is 13.8 Å². The zero-order valence-corrected chi connectivity index (χ0v) is 13.3. The molecule has 120 valence electrons. The molecule has 0 saturated carbocycles. The Bertz CT molecular complexity index is 747. The van der Waals surface area contributed by atoms with Crippen LogP contribution in [0.15, 0.2) is 4.90 Å². The smallest absolute Gasteiger partial charge is 0.417 e. The normalized spacial score (nSPS) is 20.4. The summed E-state index contributed by atoms with van der Waals surface area (Å²) in [4.78, 5) is 24.2. The van der Waals surface area contributed by atoms with Crippen LogP contribution in [0.5, 0.6) is 0 Å². The van der Waals surface area contributed by atoms with E-state index < -0.39 is 28.1 Å². The lowest BCUT2D eigenvalue weighted by Gasteiger charge is -2.40. The van der Waals surface area contributed by atoms with Crippen molar-refractivity contribution in [3.63, 3.8) is 0 Å². The Morgan fingerprint density at radius 2 is 1.86 bits per heavy atom. The first-order chi connectivity index (χ1) is 10.2. The fourth-order valence-electron chi connectivity index (χ4n) is 2.75. The SMILES string of the molecule is Cc1nn(C)c(C)c1S(=O)(=O)N1CC(N2C(=O)COC2=O)C1. The second kappa shape index (κ2) is 4.78. The number of carbonyl (C=O) groups excluding carboxylic acids is 2. The molecule has 0 N–H and O–H groups in total. The molecule has 3 heterocycles. The Hall–Kier alpha value is -1.94. The van der Waals surface area contributed by atoms with Crippen LogP contribution in [0, 0.1) is 13.8 Å². The lowest BCUT2D eigenvalue weighted by Crippen LogP contribution is -2.62. The Morgan fingerprint density at radius 1 is 1.23 bits per heavy atom. The molecule has 0 radical (unpaired) electrons. The van der Waals surface area contributed by atoms with Crippen LogP contribution in [0.3, 0.4) is 0 Å². The first kappa shape index (κ1) is 15.0. The second-order valence-corrected chi connectivity index (χ2v) is 7.29. The summed E-state index contributed by atoms with van der Waals surface area (Å²) in [5.74, 6) is -0.430. The van der Waals surface area contributed by atoms with E-state index in [1.165, 1.54) is 8.99 Å². The van der Waals surface area contributed by atoms with Crippen molar-refractivity contribution in [3.05, 3.63) is 11.4 Å². The summed E-state index contributed by atoms with van der Waals surface area (Å²) in [7, 11) is -2.00. The standard InChI is InChI=1S/C12H16N4O5S/c1-7-11(8(2)14(3)13-7)22(19,20)15-4-9(5-15)16-10(17)6-21-12(16)18/h9H,4-6H2,1-3H3. The molecule has 10 heteroatoms. The summed E-state index contributed by atoms with van der Waals surface area (Å²) in [5, 5.41) is 4.11. The molecule has 2 fully saturated rings. The zero-order valence-electron chi connectivity index (χ0n) is 12.4. The van der Waals surface area contributed by atoms with Gasteiger partial charge >= 0.3 is 6.09 Å². The molecule has 0 unspecified atom stereocenters. The van der Waals surface area contributed by atoms with Gasteiger partial charge in [-0.2, -0.15) is 9.40 Å². The topological polar surface area (TPSA) is 102 Å². The lowest BCUT2D eigenvalue weighted by atomic mass is 10.1. The van der Waals surface area contributed by atoms with E-state index in [0.29, 0.717) is 11.4 Å². The molecule has 1 aromatic heterocycles. The Balaban J connectivity index is 1.80. The number of ether oxygens (including phenoxy) is 1. The molecule has 2 saturated heterocycles. The third kappa shape index (κ3) is 2.02. The van der Waals surface area contributed by atoms with Crippen LogP contribution in [0.4, 0.5) is 4.79 Å². The van der Waals surface area contributed by atoms with Gasteiger partial charge < -0.3 is 4.74 Å². The highest BCUT2D eigenvalue weighted by molar-refractivity contribution is 7.89. The molecule has 0 bridgehead atoms. The molecule has 1 aromatic rings. The molecule has 2 aliphatic rings. The van der Waals surface area contributed by atoms with Gasteiger partial charge in [-0.1, -0.05) is 0 Å². The molecule has 2 aliphatic heterocycles. The van der Waals surface area contributed by atoms with E-state index in [1.54, 1.807) is 20.9 Å². The summed E-state index contributed by atoms with van der Waals surface area (Å²) >= 11 is 0. The third-order valence-corrected chi connectivity index (χ3v) is 6.10.